The monoisotopic (exact) mass is 672 g/mol. The lowest BCUT2D eigenvalue weighted by Crippen LogP contribution is -2.66. The minimum atomic E-state index is -5.31. The van der Waals surface area contributed by atoms with E-state index >= 15 is 0 Å². The molecule has 2 amide bonds. The van der Waals surface area contributed by atoms with Crippen LogP contribution in [0, 0.1) is 0 Å². The van der Waals surface area contributed by atoms with Gasteiger partial charge < -0.3 is 14.9 Å². The molecule has 0 saturated carbocycles. The number of nitrogens with zero attached hydrogens (tertiary/aromatic N) is 2. The molecule has 1 heterocycles. The smallest absolute Gasteiger partial charge is 0.406 e. The van der Waals surface area contributed by atoms with E-state index < -0.39 is 75.0 Å². The molecule has 0 radical (unpaired) electrons. The number of amides is 2. The van der Waals surface area contributed by atoms with Gasteiger partial charge in [0.1, 0.15) is 5.75 Å². The van der Waals surface area contributed by atoms with Gasteiger partial charge in [0.15, 0.2) is 5.69 Å². The highest BCUT2D eigenvalue weighted by molar-refractivity contribution is 7.91. The Labute approximate surface area is 251 Å². The third-order valence-corrected chi connectivity index (χ3v) is 15.2. The summed E-state index contributed by atoms with van der Waals surface area (Å²) in [6.07, 6.45) is -9.69. The highest BCUT2D eigenvalue weighted by Gasteiger charge is 2.65. The van der Waals surface area contributed by atoms with E-state index in [9.17, 15) is 44.3 Å². The molecule has 0 saturated heterocycles. The van der Waals surface area contributed by atoms with E-state index in [1.165, 1.54) is 0 Å². The fourth-order valence-corrected chi connectivity index (χ4v) is 12.0. The molecule has 2 aromatic rings. The second kappa shape index (κ2) is 12.6. The van der Waals surface area contributed by atoms with Gasteiger partial charge >= 0.3 is 12.5 Å². The lowest BCUT2D eigenvalue weighted by Gasteiger charge is -2.48. The van der Waals surface area contributed by atoms with Crippen molar-refractivity contribution in [3.63, 3.8) is 0 Å². The molecule has 0 aliphatic heterocycles. The van der Waals surface area contributed by atoms with Crippen LogP contribution in [0.25, 0.3) is 0 Å². The predicted molar refractivity (Wildman–Crippen MR) is 149 cm³/mol. The van der Waals surface area contributed by atoms with Crippen LogP contribution in [0.4, 0.5) is 32.0 Å². The van der Waals surface area contributed by atoms with Crippen LogP contribution < -0.4 is 16.3 Å². The van der Waals surface area contributed by atoms with E-state index in [-0.39, 0.29) is 21.6 Å². The van der Waals surface area contributed by atoms with Gasteiger partial charge in [-0.2, -0.15) is 13.2 Å². The number of ether oxygens (including phenoxy) is 1. The van der Waals surface area contributed by atoms with Crippen molar-refractivity contribution in [2.45, 2.75) is 93.0 Å². The van der Waals surface area contributed by atoms with Gasteiger partial charge in [-0.3, -0.25) is 9.59 Å². The van der Waals surface area contributed by atoms with Crippen molar-refractivity contribution in [1.29, 1.82) is 0 Å². The number of nitrogens with two attached hydrogens (primary N) is 2. The molecular weight excluding hydrogens is 638 g/mol. The Morgan fingerprint density at radius 1 is 0.909 bits per heavy atom. The number of halogens is 6. The number of alkyl halides is 6. The molecule has 1 aromatic carbocycles. The number of hydrazine groups is 1. The third kappa shape index (κ3) is 7.18. The summed E-state index contributed by atoms with van der Waals surface area (Å²) in [7, 11) is -7.84. The SMILES string of the molecule is CC(C)[Si](OC(C)(C(=O)N(N)C(=O)c1ncc(S(=O)(=O)c2ccc(OC(F)(F)F)cc2)cc1N)C(F)(F)F)(C(C)C)C(C)C. The lowest BCUT2D eigenvalue weighted by molar-refractivity contribution is -0.274. The average Bonchev–Trinajstić information content (AvgIpc) is 2.88. The van der Waals surface area contributed by atoms with Crippen molar-refractivity contribution in [3.8, 4) is 5.75 Å². The molecule has 0 bridgehead atoms. The molecule has 1 unspecified atom stereocenters. The van der Waals surface area contributed by atoms with Gasteiger partial charge in [0.25, 0.3) is 11.8 Å². The number of benzene rings is 1. The summed E-state index contributed by atoms with van der Waals surface area (Å²) in [6, 6.07) is 3.88. The van der Waals surface area contributed by atoms with Crippen LogP contribution in [0.5, 0.6) is 5.75 Å². The molecule has 10 nitrogen and oxygen atoms in total. The van der Waals surface area contributed by atoms with Gasteiger partial charge in [0.2, 0.25) is 23.8 Å². The van der Waals surface area contributed by atoms with E-state index in [4.69, 9.17) is 16.0 Å². The van der Waals surface area contributed by atoms with Crippen LogP contribution in [0.1, 0.15) is 59.0 Å². The molecule has 1 aromatic heterocycles. The third-order valence-electron chi connectivity index (χ3n) is 7.25. The Morgan fingerprint density at radius 3 is 1.77 bits per heavy atom. The number of carbonyl (C=O) groups excluding carboxylic acids is 2. The Balaban J connectivity index is 2.47. The molecule has 0 spiro atoms. The summed E-state index contributed by atoms with van der Waals surface area (Å²) in [5.41, 5.74) is -0.356. The maximum atomic E-state index is 14.5. The summed E-state index contributed by atoms with van der Waals surface area (Å²) >= 11 is 0. The van der Waals surface area contributed by atoms with Crippen molar-refractivity contribution >= 4 is 35.7 Å². The first-order chi connectivity index (χ1) is 19.8. The first-order valence-electron chi connectivity index (χ1n) is 13.1. The number of hydrogen-bond donors (Lipinski definition) is 2. The minimum Gasteiger partial charge on any atom is -0.406 e. The topological polar surface area (TPSA) is 155 Å². The lowest BCUT2D eigenvalue weighted by atomic mass is 10.1. The number of anilines is 1. The Kier molecular flexibility index (Phi) is 10.6. The molecule has 44 heavy (non-hydrogen) atoms. The van der Waals surface area contributed by atoms with E-state index in [0.717, 1.165) is 30.3 Å². The average molecular weight is 673 g/mol. The van der Waals surface area contributed by atoms with Crippen LogP contribution in [0.2, 0.25) is 16.6 Å². The standard InChI is InChI=1S/C26H34F6N4O6SSi/c1-14(2)44(15(3)4,16(5)6)42-24(7,25(27,28)29)23(38)36(34)22(37)21-20(33)12-19(13-35-21)43(39,40)18-10-8-17(9-11-18)41-26(30,31)32/h8-16H,33-34H2,1-7H3. The first-order valence-corrected chi connectivity index (χ1v) is 16.7. The van der Waals surface area contributed by atoms with E-state index in [2.05, 4.69) is 9.72 Å². The van der Waals surface area contributed by atoms with Crippen LogP contribution in [-0.4, -0.2) is 56.7 Å². The fraction of sp³-hybridized carbons (Fsp3) is 0.500. The van der Waals surface area contributed by atoms with Crippen molar-refractivity contribution < 1.29 is 53.5 Å². The summed E-state index contributed by atoms with van der Waals surface area (Å²) in [4.78, 5) is 28.9. The zero-order valence-corrected chi connectivity index (χ0v) is 26.7. The van der Waals surface area contributed by atoms with Crippen LogP contribution >= 0.6 is 0 Å². The largest absolute Gasteiger partial charge is 0.573 e. The molecule has 1 atom stereocenters. The summed E-state index contributed by atoms with van der Waals surface area (Å²) in [5.74, 6) is 1.43. The number of sulfone groups is 1. The molecule has 0 fully saturated rings. The number of aromatic nitrogens is 1. The van der Waals surface area contributed by atoms with E-state index in [0.29, 0.717) is 13.1 Å². The summed E-state index contributed by atoms with van der Waals surface area (Å²) in [5, 5.41) is -0.320. The predicted octanol–water partition coefficient (Wildman–Crippen LogP) is 5.75. The van der Waals surface area contributed by atoms with Crippen molar-refractivity contribution in [2.75, 3.05) is 5.73 Å². The number of pyridine rings is 1. The van der Waals surface area contributed by atoms with Gasteiger partial charge in [-0.15, -0.1) is 13.2 Å². The zero-order chi connectivity index (χ0) is 34.2. The van der Waals surface area contributed by atoms with Gasteiger partial charge in [-0.25, -0.2) is 24.3 Å². The molecule has 0 aliphatic rings. The summed E-state index contributed by atoms with van der Waals surface area (Å²) < 4.78 is 116. The molecule has 2 rings (SSSR count). The Bertz CT molecular complexity index is 1460. The van der Waals surface area contributed by atoms with Crippen LogP contribution in [0.15, 0.2) is 46.3 Å². The molecule has 0 aliphatic carbocycles. The van der Waals surface area contributed by atoms with E-state index in [1.54, 1.807) is 41.5 Å². The molecule has 246 valence electrons. The van der Waals surface area contributed by atoms with Crippen molar-refractivity contribution in [3.05, 3.63) is 42.2 Å². The fourth-order valence-electron chi connectivity index (χ4n) is 5.11. The van der Waals surface area contributed by atoms with Gasteiger partial charge in [-0.05, 0) is 53.9 Å². The number of rotatable bonds is 10. The number of nitrogen functional groups attached to an aromatic ring is 1. The second-order valence-electron chi connectivity index (χ2n) is 11.1. The Morgan fingerprint density at radius 2 is 1.39 bits per heavy atom. The second-order valence-corrected chi connectivity index (χ2v) is 18.4. The Hall–Kier alpha value is -3.22. The van der Waals surface area contributed by atoms with Crippen molar-refractivity contribution in [1.82, 2.24) is 9.99 Å². The molecular formula is C26H34F6N4O6SSi. The normalized spacial score (nSPS) is 14.6. The number of carbonyl (C=O) groups is 2. The number of imide groups is 1. The highest BCUT2D eigenvalue weighted by Crippen LogP contribution is 2.48. The molecule has 18 heteroatoms. The van der Waals surface area contributed by atoms with Crippen LogP contribution in [0.3, 0.4) is 0 Å². The summed E-state index contributed by atoms with van der Waals surface area (Å²) in [6.45, 7) is 10.7. The van der Waals surface area contributed by atoms with E-state index in [1.807, 2.05) is 0 Å². The quantitative estimate of drug-likeness (QED) is 0.106. The minimum absolute atomic E-state index is 0.320. The zero-order valence-electron chi connectivity index (χ0n) is 24.9. The maximum absolute atomic E-state index is 14.5. The number of hydrogen-bond acceptors (Lipinski definition) is 9. The van der Waals surface area contributed by atoms with Gasteiger partial charge in [0.05, 0.1) is 15.5 Å². The highest BCUT2D eigenvalue weighted by atomic mass is 32.2. The molecule has 4 N–H and O–H groups in total. The van der Waals surface area contributed by atoms with Crippen molar-refractivity contribution in [2.24, 2.45) is 5.84 Å². The first kappa shape index (κ1) is 37.0. The van der Waals surface area contributed by atoms with Crippen LogP contribution in [-0.2, 0) is 19.1 Å². The van der Waals surface area contributed by atoms with Gasteiger partial charge in [0, 0.05) is 6.20 Å². The van der Waals surface area contributed by atoms with Gasteiger partial charge in [-0.1, -0.05) is 41.5 Å². The maximum Gasteiger partial charge on any atom is 0.573 e.